The van der Waals surface area contributed by atoms with Gasteiger partial charge in [0.1, 0.15) is 34.5 Å². The fourth-order valence-corrected chi connectivity index (χ4v) is 15.6. The minimum absolute atomic E-state index is 0.122. The summed E-state index contributed by atoms with van der Waals surface area (Å²) in [6.45, 7) is 41.0. The molecule has 0 bridgehead atoms. The standard InChI is InChI=1S/C120H144O18/c1-79(2)25-19-31-85(13)61-67-127-97-49-37-91(38-50-97)115(121)133-109-73-103-104(74-110(109)134-116(122)92-39-51-98(52-40-92)128-68-62-86(14)32-20-26-80(3)4)106-76-112(136-118(124)94-43-55-100(56-44-94)130-70-64-88(16)34-22-28-82(7)8)114(138-120(126)96-47-59-102(60-48-96)132-72-66-90(18)36-24-30-84(11)12)78-108(106)107-77-113(137-119(125)95-45-57-101(58-46-95)131-71-65-89(17)35-23-29-83(9)10)111(75-105(103)107)135-117(123)93-41-53-99(54-42-93)129-69-63-87(15)33-21-27-81(5)6/h25-30,37-60,73-78,85-90H,19-24,31-36,61-72H2,1-18H3/t85-,86-,87-,88-,89-,90-/m0/s1. The van der Waals surface area contributed by atoms with E-state index in [0.29, 0.717) is 110 Å². The maximum Gasteiger partial charge on any atom is 0.343 e. The molecule has 0 fully saturated rings. The highest BCUT2D eigenvalue weighted by atomic mass is 16.6. The molecule has 0 saturated heterocycles. The van der Waals surface area contributed by atoms with Crippen molar-refractivity contribution in [3.63, 3.8) is 0 Å². The van der Waals surface area contributed by atoms with Crippen molar-refractivity contribution < 1.29 is 85.6 Å². The SMILES string of the molecule is CC(C)=CCC[C@H](C)CCOc1ccc(C(=O)Oc2cc3c4cc(OC(=O)c5ccc(OCC[C@@H](C)CCC=C(C)C)cc5)c(OC(=O)c5ccc(OCC[C@@H](C)CCC=C(C)C)cc5)cc4c4cc(OC(=O)c5ccc(OCC[C@@H](C)CCC=C(C)C)cc5)c(OC(=O)c5ccc(OCC[C@@H](C)CCC=C(C)C)cc5)cc4c3cc2OC(=O)c2ccc(OCC[C@@H](C)CCC=C(C)C)cc2)cc1. The second kappa shape index (κ2) is 54.8. The topological polar surface area (TPSA) is 213 Å². The van der Waals surface area contributed by atoms with Gasteiger partial charge in [-0.25, -0.2) is 28.8 Å². The third kappa shape index (κ3) is 35.6. The van der Waals surface area contributed by atoms with Gasteiger partial charge in [-0.1, -0.05) is 111 Å². The first-order valence-corrected chi connectivity index (χ1v) is 49.3. The summed E-state index contributed by atoms with van der Waals surface area (Å²) in [7, 11) is 0. The molecular weight excluding hydrogens is 1730 g/mol. The third-order valence-corrected chi connectivity index (χ3v) is 24.4. The molecule has 0 unspecified atom stereocenters. The van der Waals surface area contributed by atoms with Gasteiger partial charge in [-0.05, 0) is 448 Å². The van der Waals surface area contributed by atoms with Crippen LogP contribution in [0, 0.1) is 35.5 Å². The number of carbonyl (C=O) groups excluding carboxylic acids is 6. The quantitative estimate of drug-likeness (QED) is 0.0150. The van der Waals surface area contributed by atoms with Crippen LogP contribution in [-0.2, 0) is 0 Å². The molecule has 0 amide bonds. The van der Waals surface area contributed by atoms with Crippen molar-refractivity contribution in [2.24, 2.45) is 35.5 Å². The minimum atomic E-state index is -0.840. The molecule has 18 heteroatoms. The Kier molecular flexibility index (Phi) is 42.6. The number of allylic oxidation sites excluding steroid dienone is 12. The third-order valence-electron chi connectivity index (χ3n) is 24.4. The lowest BCUT2D eigenvalue weighted by Crippen LogP contribution is -2.14. The van der Waals surface area contributed by atoms with E-state index in [1.54, 1.807) is 146 Å². The largest absolute Gasteiger partial charge is 0.494 e. The van der Waals surface area contributed by atoms with E-state index in [0.717, 1.165) is 116 Å². The van der Waals surface area contributed by atoms with Crippen molar-refractivity contribution in [3.8, 4) is 69.0 Å². The summed E-state index contributed by atoms with van der Waals surface area (Å²) < 4.78 is 76.4. The molecule has 0 aliphatic heterocycles. The van der Waals surface area contributed by atoms with Crippen LogP contribution in [0.5, 0.6) is 69.0 Å². The zero-order valence-electron chi connectivity index (χ0n) is 84.6. The van der Waals surface area contributed by atoms with E-state index < -0.39 is 35.8 Å². The Morgan fingerprint density at radius 2 is 0.319 bits per heavy atom. The average Bonchev–Trinajstić information content (AvgIpc) is 0.720. The van der Waals surface area contributed by atoms with E-state index >= 15 is 28.8 Å². The summed E-state index contributed by atoms with van der Waals surface area (Å²) >= 11 is 0. The Morgan fingerprint density at radius 3 is 0.435 bits per heavy atom. The maximum atomic E-state index is 15.1. The van der Waals surface area contributed by atoms with Crippen LogP contribution in [0.3, 0.4) is 0 Å². The number of fused-ring (bicyclic) bond motifs is 6. The van der Waals surface area contributed by atoms with Crippen LogP contribution in [0.1, 0.15) is 302 Å². The van der Waals surface area contributed by atoms with Crippen LogP contribution in [0.4, 0.5) is 0 Å². The van der Waals surface area contributed by atoms with E-state index in [1.807, 2.05) is 0 Å². The summed E-state index contributed by atoms with van der Waals surface area (Å²) in [5.41, 5.74) is 8.39. The minimum Gasteiger partial charge on any atom is -0.494 e. The van der Waals surface area contributed by atoms with E-state index in [-0.39, 0.29) is 100 Å². The highest BCUT2D eigenvalue weighted by Crippen LogP contribution is 2.49. The van der Waals surface area contributed by atoms with E-state index in [4.69, 9.17) is 56.8 Å². The molecule has 6 atom stereocenters. The Hall–Kier alpha value is -13.0. The van der Waals surface area contributed by atoms with Crippen molar-refractivity contribution >= 4 is 68.1 Å². The van der Waals surface area contributed by atoms with Gasteiger partial charge in [-0.2, -0.15) is 0 Å². The predicted octanol–water partition coefficient (Wildman–Crippen LogP) is 31.4. The normalized spacial score (nSPS) is 12.4. The van der Waals surface area contributed by atoms with Gasteiger partial charge in [0.2, 0.25) is 0 Å². The van der Waals surface area contributed by atoms with Crippen LogP contribution in [-0.4, -0.2) is 75.5 Å². The summed E-state index contributed by atoms with van der Waals surface area (Å²) in [4.78, 5) is 90.7. The number of esters is 6. The monoisotopic (exact) mass is 1870 g/mol. The Morgan fingerprint density at radius 1 is 0.196 bits per heavy atom. The van der Waals surface area contributed by atoms with Crippen LogP contribution in [0.15, 0.2) is 252 Å². The van der Waals surface area contributed by atoms with Gasteiger partial charge in [-0.15, -0.1) is 0 Å². The number of hydrogen-bond donors (Lipinski definition) is 0. The lowest BCUT2D eigenvalue weighted by atomic mass is 9.93. The van der Waals surface area contributed by atoms with E-state index in [2.05, 4.69) is 161 Å². The smallest absolute Gasteiger partial charge is 0.343 e. The molecule has 732 valence electrons. The fourth-order valence-electron chi connectivity index (χ4n) is 15.6. The van der Waals surface area contributed by atoms with Crippen LogP contribution >= 0.6 is 0 Å². The van der Waals surface area contributed by atoms with E-state index in [9.17, 15) is 0 Å². The summed E-state index contributed by atoms with van der Waals surface area (Å²) in [6, 6.07) is 48.5. The average molecular weight is 1870 g/mol. The molecule has 10 aromatic carbocycles. The molecule has 0 saturated carbocycles. The van der Waals surface area contributed by atoms with Crippen LogP contribution in [0.2, 0.25) is 0 Å². The second-order valence-electron chi connectivity index (χ2n) is 38.6. The molecule has 10 aromatic rings. The number of carbonyl (C=O) groups is 6. The van der Waals surface area contributed by atoms with Gasteiger partial charge in [0.15, 0.2) is 34.5 Å². The first-order valence-electron chi connectivity index (χ1n) is 49.3. The predicted molar refractivity (Wildman–Crippen MR) is 555 cm³/mol. The second-order valence-corrected chi connectivity index (χ2v) is 38.6. The number of benzene rings is 10. The molecule has 0 aliphatic rings. The van der Waals surface area contributed by atoms with Crippen molar-refractivity contribution in [3.05, 3.63) is 285 Å². The molecule has 0 N–H and O–H groups in total. The van der Waals surface area contributed by atoms with E-state index in [1.165, 1.54) is 69.8 Å². The summed E-state index contributed by atoms with van der Waals surface area (Å²) in [5.74, 6) is -0.822. The fraction of sp³-hybridized carbons (Fsp3) is 0.400. The lowest BCUT2D eigenvalue weighted by molar-refractivity contribution is 0.0682. The van der Waals surface area contributed by atoms with Crippen LogP contribution < -0.4 is 56.8 Å². The van der Waals surface area contributed by atoms with Crippen molar-refractivity contribution in [2.75, 3.05) is 39.6 Å². The van der Waals surface area contributed by atoms with Crippen molar-refractivity contribution in [1.82, 2.24) is 0 Å². The molecule has 0 aromatic heterocycles. The lowest BCUT2D eigenvalue weighted by Gasteiger charge is -2.19. The first kappa shape index (κ1) is 107. The highest BCUT2D eigenvalue weighted by Gasteiger charge is 2.28. The van der Waals surface area contributed by atoms with Crippen LogP contribution in [0.25, 0.3) is 32.3 Å². The zero-order chi connectivity index (χ0) is 99.2. The molecule has 0 aliphatic carbocycles. The Bertz CT molecular complexity index is 4900. The summed E-state index contributed by atoms with van der Waals surface area (Å²) in [5, 5.41) is 1.63. The number of rotatable bonds is 54. The Balaban J connectivity index is 1.14. The zero-order valence-corrected chi connectivity index (χ0v) is 84.6. The van der Waals surface area contributed by atoms with Gasteiger partial charge in [0, 0.05) is 0 Å². The summed E-state index contributed by atoms with van der Waals surface area (Å²) in [6.07, 6.45) is 30.2. The molecular formula is C120H144O18. The maximum absolute atomic E-state index is 15.1. The highest BCUT2D eigenvalue weighted by molar-refractivity contribution is 6.27. The van der Waals surface area contributed by atoms with Gasteiger partial charge in [0.05, 0.1) is 73.0 Å². The van der Waals surface area contributed by atoms with Crippen molar-refractivity contribution in [1.29, 1.82) is 0 Å². The molecule has 0 radical (unpaired) electrons. The van der Waals surface area contributed by atoms with Crippen molar-refractivity contribution in [2.45, 2.75) is 240 Å². The molecule has 138 heavy (non-hydrogen) atoms. The molecule has 18 nitrogen and oxygen atoms in total. The van der Waals surface area contributed by atoms with Gasteiger partial charge >= 0.3 is 35.8 Å². The van der Waals surface area contributed by atoms with Gasteiger partial charge in [-0.3, -0.25) is 0 Å². The van der Waals surface area contributed by atoms with Gasteiger partial charge < -0.3 is 56.8 Å². The number of hydrogen-bond acceptors (Lipinski definition) is 18. The molecule has 0 spiro atoms. The first-order chi connectivity index (χ1) is 66.3. The molecule has 0 heterocycles. The molecule has 10 rings (SSSR count). The Labute approximate surface area is 818 Å². The number of ether oxygens (including phenoxy) is 12. The van der Waals surface area contributed by atoms with Gasteiger partial charge in [0.25, 0.3) is 0 Å².